The molecule has 4 unspecified atom stereocenters. The van der Waals surface area contributed by atoms with Crippen LogP contribution in [0.15, 0.2) is 29.9 Å². The molecule has 1 saturated heterocycles. The Balaban J connectivity index is 1.23. The first kappa shape index (κ1) is 28.0. The second kappa shape index (κ2) is 10.9. The molecule has 10 heteroatoms. The van der Waals surface area contributed by atoms with Gasteiger partial charge in [-0.25, -0.2) is 9.67 Å². The molecule has 3 heterocycles. The molecule has 3 aromatic rings. The van der Waals surface area contributed by atoms with Crippen molar-refractivity contribution in [1.82, 2.24) is 30.2 Å². The molecule has 3 aliphatic rings. The SMILES string of the molecule is Cc1ncsc1-c1ccc2c(c1)CCCCC2NC(=O)C1CC(O)CN1C(=O)C(n1cc(C2CC2)nn1)C(C)(C)C. The van der Waals surface area contributed by atoms with Crippen molar-refractivity contribution in [2.75, 3.05) is 6.54 Å². The molecule has 1 aliphatic heterocycles. The van der Waals surface area contributed by atoms with E-state index in [1.54, 1.807) is 20.9 Å². The zero-order chi connectivity index (χ0) is 28.9. The lowest BCUT2D eigenvalue weighted by molar-refractivity contribution is -0.144. The maximum Gasteiger partial charge on any atom is 0.248 e. The standard InChI is InChI=1S/C31H40N6O3S/c1-18-27(41-17-32-18)21-11-12-23-20(13-21)7-5-6-8-24(23)33-29(39)26-14-22(38)15-36(26)30(40)28(31(2,3)4)37-16-25(34-35-37)19-9-10-19/h11-13,16-17,19,22,24,26,28,38H,5-10,14-15H2,1-4H3,(H,33,39). The lowest BCUT2D eigenvalue weighted by atomic mass is 9.85. The number of hydrogen-bond donors (Lipinski definition) is 2. The highest BCUT2D eigenvalue weighted by atomic mass is 32.1. The average Bonchev–Trinajstić information content (AvgIpc) is 3.37. The number of thiazole rings is 1. The summed E-state index contributed by atoms with van der Waals surface area (Å²) in [4.78, 5) is 35.1. The largest absolute Gasteiger partial charge is 0.391 e. The van der Waals surface area contributed by atoms with Crippen LogP contribution in [0, 0.1) is 12.3 Å². The van der Waals surface area contributed by atoms with Gasteiger partial charge < -0.3 is 15.3 Å². The number of aromatic nitrogens is 4. The number of amides is 2. The summed E-state index contributed by atoms with van der Waals surface area (Å²) in [7, 11) is 0. The molecule has 0 radical (unpaired) electrons. The number of rotatable bonds is 6. The Kier molecular flexibility index (Phi) is 7.48. The summed E-state index contributed by atoms with van der Waals surface area (Å²) in [5.74, 6) is 0.0171. The fraction of sp³-hybridized carbons (Fsp3) is 0.581. The highest BCUT2D eigenvalue weighted by Gasteiger charge is 2.46. The van der Waals surface area contributed by atoms with Gasteiger partial charge >= 0.3 is 0 Å². The van der Waals surface area contributed by atoms with Crippen molar-refractivity contribution in [3.05, 3.63) is 52.4 Å². The van der Waals surface area contributed by atoms with Gasteiger partial charge in [-0.05, 0) is 67.2 Å². The van der Waals surface area contributed by atoms with Crippen molar-refractivity contribution in [1.29, 1.82) is 0 Å². The molecule has 9 nitrogen and oxygen atoms in total. The number of likely N-dealkylation sites (tertiary alicyclic amines) is 1. The van der Waals surface area contributed by atoms with Gasteiger partial charge in [0.15, 0.2) is 0 Å². The molecule has 218 valence electrons. The quantitative estimate of drug-likeness (QED) is 0.411. The summed E-state index contributed by atoms with van der Waals surface area (Å²) in [5.41, 5.74) is 6.92. The summed E-state index contributed by atoms with van der Waals surface area (Å²) in [6.07, 6.45) is 7.44. The number of β-amino-alcohol motifs (C(OH)–C–C–N with tert-alkyl or cyclic N) is 1. The van der Waals surface area contributed by atoms with Gasteiger partial charge in [-0.15, -0.1) is 16.4 Å². The summed E-state index contributed by atoms with van der Waals surface area (Å²) < 4.78 is 1.67. The van der Waals surface area contributed by atoms with E-state index in [-0.39, 0.29) is 30.8 Å². The van der Waals surface area contributed by atoms with Gasteiger partial charge in [-0.3, -0.25) is 9.59 Å². The van der Waals surface area contributed by atoms with Crippen molar-refractivity contribution in [2.45, 2.75) is 103 Å². The number of nitrogens with zero attached hydrogens (tertiary/aromatic N) is 5. The van der Waals surface area contributed by atoms with Gasteiger partial charge in [-0.2, -0.15) is 0 Å². The molecule has 2 amide bonds. The molecular weight excluding hydrogens is 536 g/mol. The van der Waals surface area contributed by atoms with E-state index in [0.29, 0.717) is 5.92 Å². The van der Waals surface area contributed by atoms with E-state index >= 15 is 0 Å². The third-order valence-electron chi connectivity index (χ3n) is 8.74. The van der Waals surface area contributed by atoms with Crippen molar-refractivity contribution in [3.8, 4) is 10.4 Å². The number of aliphatic hydroxyl groups is 1. The van der Waals surface area contributed by atoms with Gasteiger partial charge in [-0.1, -0.05) is 44.5 Å². The Morgan fingerprint density at radius 2 is 1.98 bits per heavy atom. The van der Waals surface area contributed by atoms with Crippen LogP contribution in [0.25, 0.3) is 10.4 Å². The van der Waals surface area contributed by atoms with Gasteiger partial charge in [0.05, 0.1) is 33.9 Å². The summed E-state index contributed by atoms with van der Waals surface area (Å²) in [6.45, 7) is 8.16. The molecule has 2 N–H and O–H groups in total. The Hall–Kier alpha value is -3.11. The van der Waals surface area contributed by atoms with Crippen molar-refractivity contribution < 1.29 is 14.7 Å². The van der Waals surface area contributed by atoms with Crippen LogP contribution in [0.5, 0.6) is 0 Å². The lowest BCUT2D eigenvalue weighted by Gasteiger charge is -2.35. The van der Waals surface area contributed by atoms with E-state index in [4.69, 9.17) is 0 Å². The van der Waals surface area contributed by atoms with Crippen LogP contribution in [0.3, 0.4) is 0 Å². The predicted molar refractivity (Wildman–Crippen MR) is 157 cm³/mol. The van der Waals surface area contributed by atoms with Crippen molar-refractivity contribution in [2.24, 2.45) is 5.41 Å². The first-order chi connectivity index (χ1) is 19.6. The molecule has 2 aliphatic carbocycles. The monoisotopic (exact) mass is 576 g/mol. The molecule has 1 saturated carbocycles. The van der Waals surface area contributed by atoms with Crippen LogP contribution < -0.4 is 5.32 Å². The van der Waals surface area contributed by atoms with E-state index in [1.807, 2.05) is 39.4 Å². The van der Waals surface area contributed by atoms with Crippen LogP contribution in [0.4, 0.5) is 0 Å². The molecule has 2 fully saturated rings. The third-order valence-corrected chi connectivity index (χ3v) is 9.72. The number of fused-ring (bicyclic) bond motifs is 1. The van der Waals surface area contributed by atoms with E-state index in [2.05, 4.69) is 38.8 Å². The van der Waals surface area contributed by atoms with Crippen molar-refractivity contribution >= 4 is 23.2 Å². The molecule has 4 atom stereocenters. The smallest absolute Gasteiger partial charge is 0.248 e. The molecule has 6 rings (SSSR count). The van der Waals surface area contributed by atoms with Crippen LogP contribution in [0.1, 0.15) is 99.8 Å². The minimum atomic E-state index is -0.750. The van der Waals surface area contributed by atoms with Crippen LogP contribution in [0.2, 0.25) is 0 Å². The second-order valence-electron chi connectivity index (χ2n) is 13.0. The van der Waals surface area contributed by atoms with Gasteiger partial charge in [0.25, 0.3) is 0 Å². The number of carbonyl (C=O) groups excluding carboxylic acids is 2. The number of nitrogens with one attached hydrogen (secondary N) is 1. The number of aryl methyl sites for hydroxylation is 2. The van der Waals surface area contributed by atoms with Gasteiger partial charge in [0.2, 0.25) is 11.8 Å². The number of aliphatic hydroxyl groups excluding tert-OH is 1. The predicted octanol–water partition coefficient (Wildman–Crippen LogP) is 4.72. The van der Waals surface area contributed by atoms with E-state index < -0.39 is 23.6 Å². The van der Waals surface area contributed by atoms with Crippen LogP contribution in [-0.4, -0.2) is 60.5 Å². The average molecular weight is 577 g/mol. The summed E-state index contributed by atoms with van der Waals surface area (Å²) >= 11 is 1.65. The Bertz CT molecular complexity index is 1440. The fourth-order valence-corrected chi connectivity index (χ4v) is 7.25. The number of hydrogen-bond acceptors (Lipinski definition) is 7. The number of carbonyl (C=O) groups is 2. The number of benzene rings is 1. The zero-order valence-corrected chi connectivity index (χ0v) is 25.2. The fourth-order valence-electron chi connectivity index (χ4n) is 6.45. The normalized spacial score (nSPS) is 23.6. The third kappa shape index (κ3) is 5.68. The highest BCUT2D eigenvalue weighted by Crippen LogP contribution is 2.41. The molecule has 0 spiro atoms. The Morgan fingerprint density at radius 3 is 2.68 bits per heavy atom. The van der Waals surface area contributed by atoms with Crippen LogP contribution in [-0.2, 0) is 16.0 Å². The van der Waals surface area contributed by atoms with Crippen molar-refractivity contribution in [3.63, 3.8) is 0 Å². The van der Waals surface area contributed by atoms with Gasteiger partial charge in [0.1, 0.15) is 12.1 Å². The Labute approximate surface area is 245 Å². The van der Waals surface area contributed by atoms with Gasteiger partial charge in [0, 0.05) is 25.1 Å². The summed E-state index contributed by atoms with van der Waals surface area (Å²) in [5, 5.41) is 22.6. The van der Waals surface area contributed by atoms with E-state index in [0.717, 1.165) is 61.0 Å². The lowest BCUT2D eigenvalue weighted by Crippen LogP contribution is -2.50. The van der Waals surface area contributed by atoms with E-state index in [1.165, 1.54) is 10.4 Å². The zero-order valence-electron chi connectivity index (χ0n) is 24.3. The minimum absolute atomic E-state index is 0.131. The van der Waals surface area contributed by atoms with E-state index in [9.17, 15) is 14.7 Å². The second-order valence-corrected chi connectivity index (χ2v) is 13.9. The minimum Gasteiger partial charge on any atom is -0.391 e. The molecule has 1 aromatic carbocycles. The maximum absolute atomic E-state index is 14.1. The molecular formula is C31H40N6O3S. The summed E-state index contributed by atoms with van der Waals surface area (Å²) in [6, 6.07) is 5.01. The molecule has 2 aromatic heterocycles. The Morgan fingerprint density at radius 1 is 1.17 bits per heavy atom. The first-order valence-electron chi connectivity index (χ1n) is 14.8. The van der Waals surface area contributed by atoms with Crippen LogP contribution >= 0.6 is 11.3 Å². The topological polar surface area (TPSA) is 113 Å². The molecule has 41 heavy (non-hydrogen) atoms. The molecule has 0 bridgehead atoms. The maximum atomic E-state index is 14.1. The first-order valence-corrected chi connectivity index (χ1v) is 15.7. The highest BCUT2D eigenvalue weighted by molar-refractivity contribution is 7.13.